The summed E-state index contributed by atoms with van der Waals surface area (Å²) in [6.07, 6.45) is 0.0587. The number of hydrogen-bond donors (Lipinski definition) is 0. The van der Waals surface area contributed by atoms with Gasteiger partial charge >= 0.3 is 5.97 Å². The van der Waals surface area contributed by atoms with Crippen LogP contribution in [-0.2, 0) is 19.1 Å². The summed E-state index contributed by atoms with van der Waals surface area (Å²) in [5.41, 5.74) is 0.653. The Labute approximate surface area is 183 Å². The van der Waals surface area contributed by atoms with Crippen LogP contribution in [0.4, 0.5) is 5.69 Å². The topological polar surface area (TPSA) is 85.4 Å². The molecule has 3 rings (SSSR count). The minimum absolute atomic E-state index is 0.0587. The molecule has 0 bridgehead atoms. The van der Waals surface area contributed by atoms with E-state index in [0.29, 0.717) is 55.3 Å². The van der Waals surface area contributed by atoms with Crippen molar-refractivity contribution in [3.8, 4) is 11.5 Å². The molecule has 2 aliphatic heterocycles. The molecule has 0 aliphatic carbocycles. The van der Waals surface area contributed by atoms with Crippen molar-refractivity contribution in [2.75, 3.05) is 44.4 Å². The van der Waals surface area contributed by atoms with Gasteiger partial charge in [-0.05, 0) is 24.0 Å². The number of benzene rings is 1. The van der Waals surface area contributed by atoms with E-state index in [1.165, 1.54) is 0 Å². The molecule has 1 aromatic rings. The van der Waals surface area contributed by atoms with Gasteiger partial charge in [-0.1, -0.05) is 27.7 Å². The second-order valence-corrected chi connectivity index (χ2v) is 8.93. The molecule has 2 amide bonds. The Morgan fingerprint density at radius 3 is 2.39 bits per heavy atom. The van der Waals surface area contributed by atoms with Gasteiger partial charge in [-0.2, -0.15) is 0 Å². The van der Waals surface area contributed by atoms with E-state index >= 15 is 0 Å². The molecule has 0 spiro atoms. The first-order valence-corrected chi connectivity index (χ1v) is 10.9. The molecule has 0 saturated carbocycles. The molecule has 31 heavy (non-hydrogen) atoms. The number of hydrogen-bond acceptors (Lipinski definition) is 6. The molecule has 1 atom stereocenters. The maximum absolute atomic E-state index is 12.6. The molecular weight excluding hydrogens is 400 g/mol. The lowest BCUT2D eigenvalue weighted by atomic mass is 10.1. The third-order valence-corrected chi connectivity index (χ3v) is 5.16. The first-order valence-electron chi connectivity index (χ1n) is 10.9. The molecule has 170 valence electrons. The summed E-state index contributed by atoms with van der Waals surface area (Å²) in [5, 5.41) is 0. The molecule has 0 aromatic heterocycles. The Morgan fingerprint density at radius 2 is 1.74 bits per heavy atom. The number of fused-ring (bicyclic) bond motifs is 1. The highest BCUT2D eigenvalue weighted by Gasteiger charge is 2.37. The number of carbonyl (C=O) groups is 3. The van der Waals surface area contributed by atoms with Crippen LogP contribution in [0.1, 0.15) is 34.1 Å². The van der Waals surface area contributed by atoms with Crippen molar-refractivity contribution in [3.63, 3.8) is 0 Å². The predicted octanol–water partition coefficient (Wildman–Crippen LogP) is 2.49. The Morgan fingerprint density at radius 1 is 1.10 bits per heavy atom. The second kappa shape index (κ2) is 10.0. The van der Waals surface area contributed by atoms with Crippen LogP contribution >= 0.6 is 0 Å². The Kier molecular flexibility index (Phi) is 7.41. The molecule has 8 nitrogen and oxygen atoms in total. The number of esters is 1. The average molecular weight is 433 g/mol. The van der Waals surface area contributed by atoms with Crippen molar-refractivity contribution in [3.05, 3.63) is 18.2 Å². The average Bonchev–Trinajstić information content (AvgIpc) is 3.12. The molecule has 1 saturated heterocycles. The van der Waals surface area contributed by atoms with Gasteiger partial charge in [0.05, 0.1) is 5.92 Å². The molecule has 1 aromatic carbocycles. The van der Waals surface area contributed by atoms with Crippen LogP contribution in [0, 0.1) is 17.8 Å². The first-order chi connectivity index (χ1) is 14.7. The first kappa shape index (κ1) is 22.9. The van der Waals surface area contributed by atoms with Gasteiger partial charge in [0.1, 0.15) is 13.2 Å². The van der Waals surface area contributed by atoms with Gasteiger partial charge in [0, 0.05) is 37.8 Å². The van der Waals surface area contributed by atoms with E-state index in [2.05, 4.69) is 0 Å². The minimum Gasteiger partial charge on any atom is -0.486 e. The van der Waals surface area contributed by atoms with E-state index in [1.54, 1.807) is 28.0 Å². The highest BCUT2D eigenvalue weighted by Crippen LogP contribution is 2.36. The fraction of sp³-hybridized carbons (Fsp3) is 0.609. The van der Waals surface area contributed by atoms with E-state index in [9.17, 15) is 14.4 Å². The van der Waals surface area contributed by atoms with E-state index in [0.717, 1.165) is 0 Å². The smallest absolute Gasteiger partial charge is 0.311 e. The molecule has 1 unspecified atom stereocenters. The van der Waals surface area contributed by atoms with Gasteiger partial charge in [-0.15, -0.1) is 0 Å². The third-order valence-electron chi connectivity index (χ3n) is 5.16. The summed E-state index contributed by atoms with van der Waals surface area (Å²) >= 11 is 0. The monoisotopic (exact) mass is 432 g/mol. The van der Waals surface area contributed by atoms with Crippen molar-refractivity contribution < 1.29 is 28.6 Å². The van der Waals surface area contributed by atoms with E-state index in [4.69, 9.17) is 14.2 Å². The van der Waals surface area contributed by atoms with Crippen LogP contribution in [0.5, 0.6) is 11.5 Å². The fourth-order valence-corrected chi connectivity index (χ4v) is 3.82. The lowest BCUT2D eigenvalue weighted by Crippen LogP contribution is -2.40. The van der Waals surface area contributed by atoms with Gasteiger partial charge in [0.2, 0.25) is 5.91 Å². The molecule has 0 radical (unpaired) electrons. The van der Waals surface area contributed by atoms with Crippen molar-refractivity contribution in [1.29, 1.82) is 0 Å². The Balaban J connectivity index is 1.57. The standard InChI is InChI=1S/C23H32N2O6/c1-15(2)11-24(12-16(3)4)22(27)14-31-23(28)17-9-21(26)25(13-17)18-5-6-19-20(10-18)30-8-7-29-19/h5-6,10,15-17H,7-9,11-14H2,1-4H3. The van der Waals surface area contributed by atoms with E-state index in [-0.39, 0.29) is 31.4 Å². The van der Waals surface area contributed by atoms with Crippen LogP contribution in [0.2, 0.25) is 0 Å². The molecular formula is C23H32N2O6. The molecule has 0 N–H and O–H groups in total. The van der Waals surface area contributed by atoms with Crippen molar-refractivity contribution in [2.45, 2.75) is 34.1 Å². The van der Waals surface area contributed by atoms with Crippen molar-refractivity contribution in [2.24, 2.45) is 17.8 Å². The maximum Gasteiger partial charge on any atom is 0.311 e. The van der Waals surface area contributed by atoms with Gasteiger partial charge in [-0.25, -0.2) is 0 Å². The highest BCUT2D eigenvalue weighted by molar-refractivity contribution is 6.00. The summed E-state index contributed by atoms with van der Waals surface area (Å²) in [5.74, 6) is 0.394. The largest absolute Gasteiger partial charge is 0.486 e. The third kappa shape index (κ3) is 5.89. The minimum atomic E-state index is -0.600. The molecule has 8 heteroatoms. The summed E-state index contributed by atoms with van der Waals surface area (Å²) in [6, 6.07) is 5.29. The number of rotatable bonds is 8. The fourth-order valence-electron chi connectivity index (χ4n) is 3.82. The van der Waals surface area contributed by atoms with Crippen LogP contribution in [0.3, 0.4) is 0 Å². The van der Waals surface area contributed by atoms with E-state index < -0.39 is 11.9 Å². The molecule has 2 heterocycles. The lowest BCUT2D eigenvalue weighted by molar-refractivity contribution is -0.155. The zero-order valence-electron chi connectivity index (χ0n) is 18.8. The van der Waals surface area contributed by atoms with Crippen LogP contribution in [0.15, 0.2) is 18.2 Å². The van der Waals surface area contributed by atoms with Crippen LogP contribution in [-0.4, -0.2) is 62.1 Å². The summed E-state index contributed by atoms with van der Waals surface area (Å²) in [7, 11) is 0. The number of anilines is 1. The SMILES string of the molecule is CC(C)CN(CC(C)C)C(=O)COC(=O)C1CC(=O)N(c2ccc3c(c2)OCCO3)C1. The van der Waals surface area contributed by atoms with Crippen LogP contribution < -0.4 is 14.4 Å². The zero-order valence-corrected chi connectivity index (χ0v) is 18.8. The lowest BCUT2D eigenvalue weighted by Gasteiger charge is -2.26. The van der Waals surface area contributed by atoms with Gasteiger partial charge < -0.3 is 24.0 Å². The van der Waals surface area contributed by atoms with Crippen molar-refractivity contribution >= 4 is 23.5 Å². The number of carbonyl (C=O) groups excluding carboxylic acids is 3. The Bertz CT molecular complexity index is 812. The summed E-state index contributed by atoms with van der Waals surface area (Å²) in [4.78, 5) is 40.9. The highest BCUT2D eigenvalue weighted by atomic mass is 16.6. The van der Waals surface area contributed by atoms with Crippen molar-refractivity contribution in [1.82, 2.24) is 4.90 Å². The number of ether oxygens (including phenoxy) is 3. The molecule has 2 aliphatic rings. The normalized spacial score (nSPS) is 17.9. The van der Waals surface area contributed by atoms with E-state index in [1.807, 2.05) is 27.7 Å². The summed E-state index contributed by atoms with van der Waals surface area (Å²) in [6.45, 7) is 10.3. The quantitative estimate of drug-likeness (QED) is 0.587. The number of nitrogens with zero attached hydrogens (tertiary/aromatic N) is 2. The van der Waals surface area contributed by atoms with Gasteiger partial charge in [-0.3, -0.25) is 14.4 Å². The second-order valence-electron chi connectivity index (χ2n) is 8.93. The van der Waals surface area contributed by atoms with Gasteiger partial charge in [0.15, 0.2) is 18.1 Å². The zero-order chi connectivity index (χ0) is 22.5. The number of amides is 2. The Hall–Kier alpha value is -2.77. The predicted molar refractivity (Wildman–Crippen MR) is 115 cm³/mol. The van der Waals surface area contributed by atoms with Crippen LogP contribution in [0.25, 0.3) is 0 Å². The maximum atomic E-state index is 12.6. The van der Waals surface area contributed by atoms with Gasteiger partial charge in [0.25, 0.3) is 5.91 Å². The molecule has 1 fully saturated rings. The summed E-state index contributed by atoms with van der Waals surface area (Å²) < 4.78 is 16.4.